The molecule has 1 aromatic rings. The van der Waals surface area contributed by atoms with Crippen LogP contribution in [-0.2, 0) is 11.3 Å². The number of carbonyl (C=O) groups excluding carboxylic acids is 1. The molecule has 2 fully saturated rings. The molecular formula is C16H22FN3O2. The molecule has 0 bridgehead atoms. The molecule has 5 nitrogen and oxygen atoms in total. The topological polar surface area (TPSA) is 58.8 Å². The average Bonchev–Trinajstić information content (AvgIpc) is 3.27. The Labute approximate surface area is 129 Å². The lowest BCUT2D eigenvalue weighted by Crippen LogP contribution is -2.53. The molecule has 0 unspecified atom stereocenters. The minimum Gasteiger partial charge on any atom is -0.494 e. The van der Waals surface area contributed by atoms with Crippen molar-refractivity contribution < 1.29 is 13.9 Å². The second kappa shape index (κ2) is 5.85. The second-order valence-electron chi connectivity index (χ2n) is 6.19. The van der Waals surface area contributed by atoms with Gasteiger partial charge in [-0.15, -0.1) is 0 Å². The molecule has 1 aromatic carbocycles. The van der Waals surface area contributed by atoms with Crippen LogP contribution in [0.5, 0.6) is 5.75 Å². The first-order valence-electron chi connectivity index (χ1n) is 7.65. The summed E-state index contributed by atoms with van der Waals surface area (Å²) in [5, 5.41) is 0. The lowest BCUT2D eigenvalue weighted by atomic mass is 10.1. The van der Waals surface area contributed by atoms with Crippen LogP contribution < -0.4 is 10.5 Å². The van der Waals surface area contributed by atoms with Gasteiger partial charge in [0.05, 0.1) is 12.6 Å². The van der Waals surface area contributed by atoms with E-state index >= 15 is 0 Å². The quantitative estimate of drug-likeness (QED) is 0.900. The Balaban J connectivity index is 1.53. The molecule has 0 aromatic heterocycles. The minimum absolute atomic E-state index is 0.0858. The zero-order chi connectivity index (χ0) is 15.7. The van der Waals surface area contributed by atoms with Crippen LogP contribution in [0.1, 0.15) is 18.4 Å². The van der Waals surface area contributed by atoms with Crippen LogP contribution >= 0.6 is 0 Å². The third-order valence-electron chi connectivity index (χ3n) is 4.50. The normalized spacial score (nSPS) is 20.8. The summed E-state index contributed by atoms with van der Waals surface area (Å²) in [4.78, 5) is 16.3. The van der Waals surface area contributed by atoms with Gasteiger partial charge < -0.3 is 15.4 Å². The van der Waals surface area contributed by atoms with Gasteiger partial charge in [0.15, 0.2) is 11.6 Å². The minimum atomic E-state index is -0.582. The Morgan fingerprint density at radius 3 is 2.55 bits per heavy atom. The van der Waals surface area contributed by atoms with Gasteiger partial charge in [-0.3, -0.25) is 9.69 Å². The van der Waals surface area contributed by atoms with Gasteiger partial charge in [-0.1, -0.05) is 6.07 Å². The number of piperazine rings is 1. The molecule has 0 atom stereocenters. The predicted octanol–water partition coefficient (Wildman–Crippen LogP) is 0.970. The van der Waals surface area contributed by atoms with Gasteiger partial charge in [0.25, 0.3) is 0 Å². The van der Waals surface area contributed by atoms with Crippen molar-refractivity contribution in [3.05, 3.63) is 29.6 Å². The zero-order valence-electron chi connectivity index (χ0n) is 12.8. The number of carbonyl (C=O) groups is 1. The molecule has 2 N–H and O–H groups in total. The lowest BCUT2D eigenvalue weighted by Gasteiger charge is -2.36. The summed E-state index contributed by atoms with van der Waals surface area (Å²) in [5.74, 6) is 0.00658. The van der Waals surface area contributed by atoms with Crippen LogP contribution in [-0.4, -0.2) is 54.5 Å². The fourth-order valence-electron chi connectivity index (χ4n) is 2.84. The highest BCUT2D eigenvalue weighted by Crippen LogP contribution is 2.34. The summed E-state index contributed by atoms with van der Waals surface area (Å²) in [6.45, 7) is 3.63. The molecule has 2 aliphatic rings. The van der Waals surface area contributed by atoms with Gasteiger partial charge in [-0.2, -0.15) is 0 Å². The number of hydrogen-bond acceptors (Lipinski definition) is 4. The summed E-state index contributed by atoms with van der Waals surface area (Å²) in [5.41, 5.74) is 6.30. The van der Waals surface area contributed by atoms with E-state index in [9.17, 15) is 9.18 Å². The SMILES string of the molecule is COc1ccc(CN2CCN(C(=O)C3(N)CC3)CC2)cc1F. The van der Waals surface area contributed by atoms with Gasteiger partial charge in [0.2, 0.25) is 5.91 Å². The Morgan fingerprint density at radius 2 is 2.00 bits per heavy atom. The van der Waals surface area contributed by atoms with Crippen LogP contribution in [0, 0.1) is 5.82 Å². The van der Waals surface area contributed by atoms with Gasteiger partial charge >= 0.3 is 0 Å². The maximum Gasteiger partial charge on any atom is 0.242 e. The van der Waals surface area contributed by atoms with Crippen LogP contribution in [0.15, 0.2) is 18.2 Å². The third kappa shape index (κ3) is 3.08. The fourth-order valence-corrected chi connectivity index (χ4v) is 2.84. The highest BCUT2D eigenvalue weighted by Gasteiger charge is 2.48. The highest BCUT2D eigenvalue weighted by molar-refractivity contribution is 5.89. The van der Waals surface area contributed by atoms with E-state index in [1.54, 1.807) is 6.07 Å². The third-order valence-corrected chi connectivity index (χ3v) is 4.50. The molecule has 6 heteroatoms. The molecule has 1 saturated carbocycles. The molecule has 0 spiro atoms. The first kappa shape index (κ1) is 15.2. The van der Waals surface area contributed by atoms with E-state index in [0.29, 0.717) is 19.6 Å². The van der Waals surface area contributed by atoms with E-state index < -0.39 is 5.54 Å². The van der Waals surface area contributed by atoms with Gasteiger partial charge in [0.1, 0.15) is 0 Å². The van der Waals surface area contributed by atoms with Crippen molar-refractivity contribution in [3.63, 3.8) is 0 Å². The van der Waals surface area contributed by atoms with E-state index in [4.69, 9.17) is 10.5 Å². The van der Waals surface area contributed by atoms with Crippen molar-refractivity contribution in [2.24, 2.45) is 5.73 Å². The van der Waals surface area contributed by atoms with Crippen molar-refractivity contribution >= 4 is 5.91 Å². The molecule has 1 aliphatic carbocycles. The predicted molar refractivity (Wildman–Crippen MR) is 81.0 cm³/mol. The van der Waals surface area contributed by atoms with E-state index in [0.717, 1.165) is 31.5 Å². The van der Waals surface area contributed by atoms with Gasteiger partial charge in [-0.25, -0.2) is 4.39 Å². The maximum atomic E-state index is 13.7. The fraction of sp³-hybridized carbons (Fsp3) is 0.562. The maximum absolute atomic E-state index is 13.7. The van der Waals surface area contributed by atoms with Crippen molar-refractivity contribution in [1.29, 1.82) is 0 Å². The van der Waals surface area contributed by atoms with Crippen LogP contribution in [0.4, 0.5) is 4.39 Å². The van der Waals surface area contributed by atoms with Crippen LogP contribution in [0.2, 0.25) is 0 Å². The molecule has 0 radical (unpaired) electrons. The first-order valence-corrected chi connectivity index (χ1v) is 7.65. The summed E-state index contributed by atoms with van der Waals surface area (Å²) >= 11 is 0. The summed E-state index contributed by atoms with van der Waals surface area (Å²) in [6, 6.07) is 5.03. The van der Waals surface area contributed by atoms with Crippen LogP contribution in [0.3, 0.4) is 0 Å². The molecule has 120 valence electrons. The number of methoxy groups -OCH3 is 1. The zero-order valence-corrected chi connectivity index (χ0v) is 12.8. The average molecular weight is 307 g/mol. The highest BCUT2D eigenvalue weighted by atomic mass is 19.1. The van der Waals surface area contributed by atoms with Crippen molar-refractivity contribution in [1.82, 2.24) is 9.80 Å². The number of amides is 1. The monoisotopic (exact) mass is 307 g/mol. The number of nitrogens with zero attached hydrogens (tertiary/aromatic N) is 2. The Bertz CT molecular complexity index is 567. The molecular weight excluding hydrogens is 285 g/mol. The molecule has 1 aliphatic heterocycles. The summed E-state index contributed by atoms with van der Waals surface area (Å²) in [7, 11) is 1.46. The number of nitrogens with two attached hydrogens (primary N) is 1. The van der Waals surface area contributed by atoms with E-state index in [1.165, 1.54) is 13.2 Å². The van der Waals surface area contributed by atoms with Gasteiger partial charge in [0, 0.05) is 32.7 Å². The van der Waals surface area contributed by atoms with Crippen molar-refractivity contribution in [2.45, 2.75) is 24.9 Å². The number of ether oxygens (including phenoxy) is 1. The number of halogens is 1. The van der Waals surface area contributed by atoms with E-state index in [1.807, 2.05) is 11.0 Å². The van der Waals surface area contributed by atoms with Crippen molar-refractivity contribution in [2.75, 3.05) is 33.3 Å². The molecule has 22 heavy (non-hydrogen) atoms. The number of benzene rings is 1. The first-order chi connectivity index (χ1) is 10.5. The Hall–Kier alpha value is -1.66. The molecule has 1 heterocycles. The lowest BCUT2D eigenvalue weighted by molar-refractivity contribution is -0.135. The van der Waals surface area contributed by atoms with Crippen molar-refractivity contribution in [3.8, 4) is 5.75 Å². The molecule has 1 saturated heterocycles. The molecule has 3 rings (SSSR count). The molecule has 1 amide bonds. The Morgan fingerprint density at radius 1 is 1.32 bits per heavy atom. The summed E-state index contributed by atoms with van der Waals surface area (Å²) in [6.07, 6.45) is 1.61. The van der Waals surface area contributed by atoms with Crippen LogP contribution in [0.25, 0.3) is 0 Å². The second-order valence-corrected chi connectivity index (χ2v) is 6.19. The van der Waals surface area contributed by atoms with Gasteiger partial charge in [-0.05, 0) is 30.5 Å². The van der Waals surface area contributed by atoms with E-state index in [2.05, 4.69) is 4.90 Å². The van der Waals surface area contributed by atoms with E-state index in [-0.39, 0.29) is 17.5 Å². The summed E-state index contributed by atoms with van der Waals surface area (Å²) < 4.78 is 18.6. The standard InChI is InChI=1S/C16H22FN3O2/c1-22-14-3-2-12(10-13(14)17)11-19-6-8-20(9-7-19)15(21)16(18)4-5-16/h2-3,10H,4-9,11,18H2,1H3. The smallest absolute Gasteiger partial charge is 0.242 e. The largest absolute Gasteiger partial charge is 0.494 e. The number of hydrogen-bond donors (Lipinski definition) is 1. The number of rotatable bonds is 4. The Kier molecular flexibility index (Phi) is 4.06.